The van der Waals surface area contributed by atoms with Crippen LogP contribution in [0.5, 0.6) is 0 Å². The zero-order chi connectivity index (χ0) is 14.3. The number of hydrogen-bond donors (Lipinski definition) is 2. The molecule has 1 heterocycles. The molecular weight excluding hydrogens is 244 g/mol. The van der Waals surface area contributed by atoms with E-state index < -0.39 is 0 Å². The first-order valence-electron chi connectivity index (χ1n) is 6.19. The molecule has 0 saturated heterocycles. The van der Waals surface area contributed by atoms with Crippen LogP contribution in [0, 0.1) is 5.41 Å². The first-order chi connectivity index (χ1) is 8.88. The van der Waals surface area contributed by atoms with Gasteiger partial charge in [-0.3, -0.25) is 14.6 Å². The van der Waals surface area contributed by atoms with Gasteiger partial charge in [-0.15, -0.1) is 0 Å². The van der Waals surface area contributed by atoms with Crippen molar-refractivity contribution in [3.63, 3.8) is 0 Å². The summed E-state index contributed by atoms with van der Waals surface area (Å²) in [7, 11) is 0. The maximum Gasteiger partial charge on any atom is 0.271 e. The number of hydrogen-bond acceptors (Lipinski definition) is 4. The third-order valence-electron chi connectivity index (χ3n) is 2.22. The van der Waals surface area contributed by atoms with Crippen LogP contribution in [0.1, 0.15) is 37.7 Å². The Morgan fingerprint density at radius 2 is 1.84 bits per heavy atom. The van der Waals surface area contributed by atoms with Crippen LogP contribution in [0.2, 0.25) is 0 Å². The minimum absolute atomic E-state index is 0.0127. The fourth-order valence-electron chi connectivity index (χ4n) is 1.43. The first-order valence-corrected chi connectivity index (χ1v) is 6.19. The topological polar surface area (TPSA) is 84.0 Å². The highest BCUT2D eigenvalue weighted by Crippen LogP contribution is 2.17. The Morgan fingerprint density at radius 3 is 2.42 bits per heavy atom. The van der Waals surface area contributed by atoms with Gasteiger partial charge in [-0.1, -0.05) is 20.8 Å². The Balaban J connectivity index is 2.21. The number of nitrogens with zero attached hydrogens (tertiary/aromatic N) is 2. The molecule has 6 heteroatoms. The molecular formula is C13H20N4O2. The van der Waals surface area contributed by atoms with Crippen molar-refractivity contribution in [2.24, 2.45) is 5.41 Å². The van der Waals surface area contributed by atoms with Gasteiger partial charge in [0.25, 0.3) is 5.91 Å². The molecule has 1 rings (SSSR count). The predicted molar refractivity (Wildman–Crippen MR) is 71.4 cm³/mol. The average molecular weight is 264 g/mol. The third-order valence-corrected chi connectivity index (χ3v) is 2.22. The van der Waals surface area contributed by atoms with E-state index in [0.29, 0.717) is 19.5 Å². The highest BCUT2D eigenvalue weighted by molar-refractivity contribution is 5.91. The van der Waals surface area contributed by atoms with Crippen LogP contribution < -0.4 is 10.6 Å². The molecule has 19 heavy (non-hydrogen) atoms. The Morgan fingerprint density at radius 1 is 1.16 bits per heavy atom. The zero-order valence-corrected chi connectivity index (χ0v) is 11.6. The van der Waals surface area contributed by atoms with Crippen LogP contribution in [0.4, 0.5) is 0 Å². The van der Waals surface area contributed by atoms with Crippen LogP contribution in [0.3, 0.4) is 0 Å². The highest BCUT2D eigenvalue weighted by Gasteiger charge is 2.15. The lowest BCUT2D eigenvalue weighted by molar-refractivity contribution is -0.122. The maximum atomic E-state index is 11.6. The molecule has 0 unspecified atom stereocenters. The van der Waals surface area contributed by atoms with Crippen molar-refractivity contribution >= 4 is 11.8 Å². The second-order valence-electron chi connectivity index (χ2n) is 5.43. The normalized spacial score (nSPS) is 10.9. The zero-order valence-electron chi connectivity index (χ0n) is 11.6. The van der Waals surface area contributed by atoms with Gasteiger partial charge in [0.15, 0.2) is 0 Å². The van der Waals surface area contributed by atoms with Gasteiger partial charge in [-0.05, 0) is 5.41 Å². The van der Waals surface area contributed by atoms with Gasteiger partial charge < -0.3 is 10.6 Å². The molecule has 0 aliphatic carbocycles. The average Bonchev–Trinajstić information content (AvgIpc) is 2.33. The molecule has 0 spiro atoms. The summed E-state index contributed by atoms with van der Waals surface area (Å²) >= 11 is 0. The van der Waals surface area contributed by atoms with E-state index >= 15 is 0 Å². The van der Waals surface area contributed by atoms with Crippen molar-refractivity contribution in [3.05, 3.63) is 24.3 Å². The molecule has 0 aliphatic rings. The van der Waals surface area contributed by atoms with E-state index in [0.717, 1.165) is 0 Å². The lowest BCUT2D eigenvalue weighted by atomic mass is 9.92. The number of carbonyl (C=O) groups is 2. The number of rotatable bonds is 5. The summed E-state index contributed by atoms with van der Waals surface area (Å²) in [4.78, 5) is 30.8. The van der Waals surface area contributed by atoms with Gasteiger partial charge in [-0.25, -0.2) is 4.98 Å². The van der Waals surface area contributed by atoms with Crippen LogP contribution in [0.15, 0.2) is 18.6 Å². The molecule has 0 fully saturated rings. The molecule has 0 atom stereocenters. The van der Waals surface area contributed by atoms with E-state index in [-0.39, 0.29) is 22.9 Å². The number of amides is 2. The summed E-state index contributed by atoms with van der Waals surface area (Å²) in [5.41, 5.74) is 0.232. The van der Waals surface area contributed by atoms with Crippen molar-refractivity contribution in [3.8, 4) is 0 Å². The van der Waals surface area contributed by atoms with Crippen LogP contribution in [0.25, 0.3) is 0 Å². The van der Waals surface area contributed by atoms with E-state index in [1.54, 1.807) is 0 Å². The minimum atomic E-state index is -0.293. The standard InChI is InChI=1S/C13H20N4O2/c1-13(2,3)8-11(18)16-6-7-17-12(19)10-9-14-4-5-15-10/h4-5,9H,6-8H2,1-3H3,(H,16,18)(H,17,19). The van der Waals surface area contributed by atoms with Crippen LogP contribution in [-0.2, 0) is 4.79 Å². The second kappa shape index (κ2) is 6.82. The van der Waals surface area contributed by atoms with Gasteiger partial charge in [0.2, 0.25) is 5.91 Å². The number of carbonyl (C=O) groups excluding carboxylic acids is 2. The van der Waals surface area contributed by atoms with Gasteiger partial charge in [0, 0.05) is 31.9 Å². The summed E-state index contributed by atoms with van der Waals surface area (Å²) in [5.74, 6) is -0.306. The largest absolute Gasteiger partial charge is 0.354 e. The Bertz CT molecular complexity index is 426. The molecule has 0 radical (unpaired) electrons. The summed E-state index contributed by atoms with van der Waals surface area (Å²) < 4.78 is 0. The van der Waals surface area contributed by atoms with Crippen molar-refractivity contribution in [2.75, 3.05) is 13.1 Å². The van der Waals surface area contributed by atoms with Gasteiger partial charge in [-0.2, -0.15) is 0 Å². The number of aromatic nitrogens is 2. The third kappa shape index (κ3) is 6.49. The number of nitrogens with one attached hydrogen (secondary N) is 2. The molecule has 1 aromatic heterocycles. The first kappa shape index (κ1) is 15.1. The van der Waals surface area contributed by atoms with Crippen molar-refractivity contribution in [1.29, 1.82) is 0 Å². The smallest absolute Gasteiger partial charge is 0.271 e. The van der Waals surface area contributed by atoms with Crippen molar-refractivity contribution in [2.45, 2.75) is 27.2 Å². The second-order valence-corrected chi connectivity index (χ2v) is 5.43. The Hall–Kier alpha value is -1.98. The molecule has 0 saturated carbocycles. The van der Waals surface area contributed by atoms with Crippen molar-refractivity contribution < 1.29 is 9.59 Å². The maximum absolute atomic E-state index is 11.6. The van der Waals surface area contributed by atoms with Crippen LogP contribution in [-0.4, -0.2) is 34.9 Å². The fourth-order valence-corrected chi connectivity index (χ4v) is 1.43. The highest BCUT2D eigenvalue weighted by atomic mass is 16.2. The van der Waals surface area contributed by atoms with Gasteiger partial charge in [0.1, 0.15) is 5.69 Å². The molecule has 1 aromatic rings. The lowest BCUT2D eigenvalue weighted by Gasteiger charge is -2.17. The van der Waals surface area contributed by atoms with E-state index in [9.17, 15) is 9.59 Å². The molecule has 0 bridgehead atoms. The van der Waals surface area contributed by atoms with Gasteiger partial charge in [0.05, 0.1) is 6.20 Å². The van der Waals surface area contributed by atoms with E-state index in [1.807, 2.05) is 20.8 Å². The monoisotopic (exact) mass is 264 g/mol. The quantitative estimate of drug-likeness (QED) is 0.769. The Labute approximate surface area is 113 Å². The van der Waals surface area contributed by atoms with Crippen LogP contribution >= 0.6 is 0 Å². The molecule has 0 aromatic carbocycles. The molecule has 0 aliphatic heterocycles. The summed E-state index contributed by atoms with van der Waals surface area (Å²) in [6.07, 6.45) is 4.82. The molecule has 6 nitrogen and oxygen atoms in total. The summed E-state index contributed by atoms with van der Waals surface area (Å²) in [5, 5.41) is 5.42. The molecule has 104 valence electrons. The van der Waals surface area contributed by atoms with E-state index in [1.165, 1.54) is 18.6 Å². The predicted octanol–water partition coefficient (Wildman–Crippen LogP) is 0.759. The van der Waals surface area contributed by atoms with E-state index in [2.05, 4.69) is 20.6 Å². The summed E-state index contributed by atoms with van der Waals surface area (Å²) in [6.45, 7) is 6.78. The summed E-state index contributed by atoms with van der Waals surface area (Å²) in [6, 6.07) is 0. The molecule has 2 N–H and O–H groups in total. The fraction of sp³-hybridized carbons (Fsp3) is 0.538. The van der Waals surface area contributed by atoms with Gasteiger partial charge >= 0.3 is 0 Å². The minimum Gasteiger partial charge on any atom is -0.354 e. The van der Waals surface area contributed by atoms with E-state index in [4.69, 9.17) is 0 Å². The molecule has 2 amide bonds. The lowest BCUT2D eigenvalue weighted by Crippen LogP contribution is -2.36. The SMILES string of the molecule is CC(C)(C)CC(=O)NCCNC(=O)c1cnccn1. The Kier molecular flexibility index (Phi) is 5.41. The van der Waals surface area contributed by atoms with Crippen molar-refractivity contribution in [1.82, 2.24) is 20.6 Å².